The van der Waals surface area contributed by atoms with Gasteiger partial charge in [0, 0.05) is 18.9 Å². The molecule has 1 aliphatic rings. The lowest BCUT2D eigenvalue weighted by molar-refractivity contribution is -0.149. The molecule has 13 heteroatoms. The van der Waals surface area contributed by atoms with Crippen LogP contribution in [0.15, 0.2) is 31.5 Å². The van der Waals surface area contributed by atoms with E-state index in [-0.39, 0.29) is 19.1 Å². The Morgan fingerprint density at radius 3 is 2.69 bits per heavy atom. The summed E-state index contributed by atoms with van der Waals surface area (Å²) in [4.78, 5) is 45.7. The first-order valence-corrected chi connectivity index (χ1v) is 12.5. The highest BCUT2D eigenvalue weighted by Gasteiger charge is 2.29. The predicted molar refractivity (Wildman–Crippen MR) is 134 cm³/mol. The van der Waals surface area contributed by atoms with Gasteiger partial charge in [-0.1, -0.05) is 18.5 Å². The third-order valence-electron chi connectivity index (χ3n) is 4.81. The van der Waals surface area contributed by atoms with Crippen molar-refractivity contribution in [2.75, 3.05) is 53.0 Å². The smallest absolute Gasteiger partial charge is 0.360 e. The van der Waals surface area contributed by atoms with Crippen molar-refractivity contribution in [3.8, 4) is 5.75 Å². The first-order valence-electron chi connectivity index (χ1n) is 11.5. The summed E-state index contributed by atoms with van der Waals surface area (Å²) in [5, 5.41) is 7.20. The van der Waals surface area contributed by atoms with Crippen molar-refractivity contribution in [3.05, 3.63) is 28.3 Å². The molecule has 1 aromatic rings. The highest BCUT2D eigenvalue weighted by molar-refractivity contribution is 8.16. The number of oxime groups is 1. The fourth-order valence-electron chi connectivity index (χ4n) is 3.01. The molecule has 12 nitrogen and oxygen atoms in total. The van der Waals surface area contributed by atoms with Crippen molar-refractivity contribution in [2.24, 2.45) is 10.1 Å². The summed E-state index contributed by atoms with van der Waals surface area (Å²) in [5.41, 5.74) is -0.186. The summed E-state index contributed by atoms with van der Waals surface area (Å²) in [6, 6.07) is 1.65. The Hall–Kier alpha value is -2.74. The lowest BCUT2D eigenvalue weighted by atomic mass is 10.1. The number of hydrogen-bond acceptors (Lipinski definition) is 12. The second-order valence-corrected chi connectivity index (χ2v) is 8.64. The van der Waals surface area contributed by atoms with E-state index in [1.54, 1.807) is 20.1 Å². The molecule has 2 atom stereocenters. The molecule has 0 fully saturated rings. The number of carbonyl (C=O) groups excluding carboxylic acids is 2. The quantitative estimate of drug-likeness (QED) is 0.146. The van der Waals surface area contributed by atoms with Crippen LogP contribution < -0.4 is 15.7 Å². The first-order chi connectivity index (χ1) is 17.4. The number of hydrogen-bond donors (Lipinski definition) is 1. The Bertz CT molecular complexity index is 980. The van der Waals surface area contributed by atoms with E-state index in [4.69, 9.17) is 28.2 Å². The zero-order valence-corrected chi connectivity index (χ0v) is 21.8. The molecule has 1 aliphatic heterocycles. The molecule has 36 heavy (non-hydrogen) atoms. The molecule has 0 saturated heterocycles. The molecule has 2 heterocycles. The number of carbonyl (C=O) groups is 2. The van der Waals surface area contributed by atoms with Gasteiger partial charge in [-0.05, 0) is 13.3 Å². The second kappa shape index (κ2) is 16.1. The van der Waals surface area contributed by atoms with E-state index in [1.807, 2.05) is 6.92 Å². The Balaban J connectivity index is 1.87. The van der Waals surface area contributed by atoms with Crippen molar-refractivity contribution in [1.82, 2.24) is 5.32 Å². The molecule has 0 spiro atoms. The normalized spacial score (nSPS) is 16.4. The number of methoxy groups -OCH3 is 2. The third-order valence-corrected chi connectivity index (χ3v) is 5.96. The fourth-order valence-corrected chi connectivity index (χ4v) is 4.00. The average Bonchev–Trinajstić information content (AvgIpc) is 3.36. The van der Waals surface area contributed by atoms with Crippen molar-refractivity contribution in [3.63, 3.8) is 0 Å². The van der Waals surface area contributed by atoms with Gasteiger partial charge in [0.25, 0.3) is 0 Å². The Kier molecular flexibility index (Phi) is 13.2. The molecule has 1 amide bonds. The minimum absolute atomic E-state index is 0.235. The summed E-state index contributed by atoms with van der Waals surface area (Å²) in [7, 11) is 3.03. The Morgan fingerprint density at radius 1 is 1.22 bits per heavy atom. The van der Waals surface area contributed by atoms with E-state index in [9.17, 15) is 14.4 Å². The number of ether oxygens (including phenoxy) is 4. The molecule has 1 unspecified atom stereocenters. The molecule has 0 radical (unpaired) electrons. The molecule has 0 aliphatic carbocycles. The summed E-state index contributed by atoms with van der Waals surface area (Å²) in [6.07, 6.45) is 1.32. The SMILES string of the molecule is CCC[C@@H](NC(=O)C1CSC(/C(C)=N/OC(=O)COCCOCCOC)=N1)c1cc(OC)cc(=O)o1. The molecule has 1 aromatic heterocycles. The van der Waals surface area contributed by atoms with Crippen LogP contribution in [-0.2, 0) is 28.6 Å². The molecule has 0 aromatic carbocycles. The summed E-state index contributed by atoms with van der Waals surface area (Å²) in [6.45, 7) is 4.83. The maximum absolute atomic E-state index is 12.9. The molecule has 1 N–H and O–H groups in total. The van der Waals surface area contributed by atoms with E-state index in [2.05, 4.69) is 15.5 Å². The second-order valence-electron chi connectivity index (χ2n) is 7.63. The maximum Gasteiger partial charge on any atom is 0.360 e. The number of thioether (sulfide) groups is 1. The van der Waals surface area contributed by atoms with Crippen LogP contribution in [0.25, 0.3) is 0 Å². The van der Waals surface area contributed by atoms with Crippen LogP contribution in [0.1, 0.15) is 38.5 Å². The highest BCUT2D eigenvalue weighted by Crippen LogP contribution is 2.24. The van der Waals surface area contributed by atoms with Gasteiger partial charge in [-0.2, -0.15) is 0 Å². The van der Waals surface area contributed by atoms with Crippen LogP contribution in [0, 0.1) is 0 Å². The predicted octanol–water partition coefficient (Wildman–Crippen LogP) is 1.72. The highest BCUT2D eigenvalue weighted by atomic mass is 32.2. The molecule has 0 bridgehead atoms. The third kappa shape index (κ3) is 10.1. The summed E-state index contributed by atoms with van der Waals surface area (Å²) >= 11 is 1.33. The van der Waals surface area contributed by atoms with Gasteiger partial charge < -0.3 is 33.5 Å². The number of aliphatic imine (C=N–C) groups is 1. The molecule has 2 rings (SSSR count). The maximum atomic E-state index is 12.9. The largest absolute Gasteiger partial charge is 0.496 e. The van der Waals surface area contributed by atoms with E-state index in [0.717, 1.165) is 6.42 Å². The molecular formula is C23H33N3O9S. The van der Waals surface area contributed by atoms with E-state index in [1.165, 1.54) is 24.9 Å². The van der Waals surface area contributed by atoms with Gasteiger partial charge in [0.05, 0.1) is 45.6 Å². The van der Waals surface area contributed by atoms with Crippen molar-refractivity contribution >= 4 is 34.4 Å². The minimum atomic E-state index is -0.663. The van der Waals surface area contributed by atoms with Crippen molar-refractivity contribution in [2.45, 2.75) is 38.8 Å². The topological polar surface area (TPSA) is 147 Å². The number of amides is 1. The summed E-state index contributed by atoms with van der Waals surface area (Å²) in [5.74, 6) is 0.0988. The zero-order chi connectivity index (χ0) is 26.3. The number of rotatable bonds is 16. The zero-order valence-electron chi connectivity index (χ0n) is 20.9. The van der Waals surface area contributed by atoms with E-state index < -0.39 is 23.7 Å². The van der Waals surface area contributed by atoms with Gasteiger partial charge in [0.2, 0.25) is 5.91 Å². The Labute approximate surface area is 213 Å². The van der Waals surface area contributed by atoms with Gasteiger partial charge >= 0.3 is 11.6 Å². The standard InChI is InChI=1S/C23H33N3O9S/c1-5-6-17(19-11-16(31-4)12-20(27)34-19)24-22(29)18-14-36-23(25-18)15(2)26-35-21(28)13-33-10-9-32-8-7-30-3/h11-12,17-18H,5-10,13-14H2,1-4H3,(H,24,29)/b26-15+/t17-,18?/m1/s1. The van der Waals surface area contributed by atoms with Crippen LogP contribution in [0.4, 0.5) is 0 Å². The molecule has 200 valence electrons. The van der Waals surface area contributed by atoms with Gasteiger partial charge in [-0.3, -0.25) is 9.79 Å². The monoisotopic (exact) mass is 527 g/mol. The van der Waals surface area contributed by atoms with Crippen LogP contribution in [0.5, 0.6) is 5.75 Å². The minimum Gasteiger partial charge on any atom is -0.496 e. The molecular weight excluding hydrogens is 494 g/mol. The number of nitrogens with one attached hydrogen (secondary N) is 1. The summed E-state index contributed by atoms with van der Waals surface area (Å²) < 4.78 is 25.7. The van der Waals surface area contributed by atoms with Crippen molar-refractivity contribution in [1.29, 1.82) is 0 Å². The van der Waals surface area contributed by atoms with E-state index in [0.29, 0.717) is 54.3 Å². The van der Waals surface area contributed by atoms with Crippen LogP contribution >= 0.6 is 11.8 Å². The lowest BCUT2D eigenvalue weighted by Crippen LogP contribution is -2.37. The van der Waals surface area contributed by atoms with Gasteiger partial charge in [0.15, 0.2) is 0 Å². The average molecular weight is 528 g/mol. The first kappa shape index (κ1) is 29.5. The lowest BCUT2D eigenvalue weighted by Gasteiger charge is -2.18. The van der Waals surface area contributed by atoms with Crippen molar-refractivity contribution < 1.29 is 37.8 Å². The van der Waals surface area contributed by atoms with Crippen LogP contribution in [0.3, 0.4) is 0 Å². The number of nitrogens with zero attached hydrogens (tertiary/aromatic N) is 2. The van der Waals surface area contributed by atoms with Crippen LogP contribution in [-0.4, -0.2) is 81.7 Å². The molecule has 0 saturated carbocycles. The fraction of sp³-hybridized carbons (Fsp3) is 0.609. The van der Waals surface area contributed by atoms with E-state index >= 15 is 0 Å². The van der Waals surface area contributed by atoms with Gasteiger partial charge in [-0.15, -0.1) is 11.8 Å². The Morgan fingerprint density at radius 2 is 1.97 bits per heavy atom. The van der Waals surface area contributed by atoms with Gasteiger partial charge in [0.1, 0.15) is 34.9 Å². The van der Waals surface area contributed by atoms with Crippen LogP contribution in [0.2, 0.25) is 0 Å². The van der Waals surface area contributed by atoms with Gasteiger partial charge in [-0.25, -0.2) is 9.59 Å².